The van der Waals surface area contributed by atoms with Gasteiger partial charge in [0.05, 0.1) is 13.2 Å². The molecule has 2 rings (SSSR count). The molecule has 0 aliphatic carbocycles. The van der Waals surface area contributed by atoms with Gasteiger partial charge >= 0.3 is 0 Å². The van der Waals surface area contributed by atoms with E-state index in [2.05, 4.69) is 15.4 Å². The molecule has 6 nitrogen and oxygen atoms in total. The average Bonchev–Trinajstić information content (AvgIpc) is 2.53. The van der Waals surface area contributed by atoms with Gasteiger partial charge in [-0.25, -0.2) is 10.4 Å². The number of nitrogens with zero attached hydrogens (tertiary/aromatic N) is 2. The Morgan fingerprint density at radius 2 is 1.80 bits per heavy atom. The lowest BCUT2D eigenvalue weighted by Gasteiger charge is -2.25. The van der Waals surface area contributed by atoms with Crippen LogP contribution >= 0.6 is 0 Å². The molecule has 0 amide bonds. The smallest absolute Gasteiger partial charge is 0.237 e. The van der Waals surface area contributed by atoms with E-state index in [1.807, 2.05) is 30.3 Å². The Morgan fingerprint density at radius 1 is 1.10 bits per heavy atom. The molecule has 0 bridgehead atoms. The van der Waals surface area contributed by atoms with E-state index in [9.17, 15) is 0 Å². The molecule has 0 spiro atoms. The minimum Gasteiger partial charge on any atom is -0.480 e. The Morgan fingerprint density at radius 3 is 2.40 bits per heavy atom. The number of benzene rings is 1. The molecule has 2 aromatic rings. The van der Waals surface area contributed by atoms with Crippen LogP contribution in [0.5, 0.6) is 5.88 Å². The van der Waals surface area contributed by atoms with Crippen LogP contribution in [0.1, 0.15) is 23.4 Å². The van der Waals surface area contributed by atoms with E-state index in [0.29, 0.717) is 11.6 Å². The van der Waals surface area contributed by atoms with Crippen molar-refractivity contribution in [1.82, 2.24) is 15.4 Å². The summed E-state index contributed by atoms with van der Waals surface area (Å²) in [6, 6.07) is 9.42. The van der Waals surface area contributed by atoms with E-state index in [0.717, 1.165) is 5.56 Å². The fourth-order valence-corrected chi connectivity index (χ4v) is 2.12. The number of rotatable bonds is 6. The van der Waals surface area contributed by atoms with Crippen LogP contribution in [0.2, 0.25) is 0 Å². The van der Waals surface area contributed by atoms with Gasteiger partial charge in [-0.05, 0) is 5.56 Å². The Labute approximate surface area is 117 Å². The van der Waals surface area contributed by atoms with Crippen molar-refractivity contribution in [2.24, 2.45) is 5.84 Å². The summed E-state index contributed by atoms with van der Waals surface area (Å²) in [6.07, 6.45) is 2.87. The lowest BCUT2D eigenvalue weighted by molar-refractivity contribution is 0.0650. The highest BCUT2D eigenvalue weighted by Crippen LogP contribution is 2.33. The van der Waals surface area contributed by atoms with Crippen LogP contribution < -0.4 is 16.0 Å². The standard InChI is InChI=1S/C14H18N4O2/c1-19-13(10-6-4-3-5-7-10)11(18-15)12-14(20-2)17-9-8-16-12/h3-9,11,13,18H,15H2,1-2H3. The third kappa shape index (κ3) is 2.93. The minimum atomic E-state index is -0.369. The zero-order chi connectivity index (χ0) is 14.4. The van der Waals surface area contributed by atoms with Gasteiger partial charge in [0.15, 0.2) is 0 Å². The lowest BCUT2D eigenvalue weighted by atomic mass is 10.00. The van der Waals surface area contributed by atoms with Crippen LogP contribution in [0.15, 0.2) is 42.7 Å². The first-order valence-electron chi connectivity index (χ1n) is 6.20. The molecule has 3 N–H and O–H groups in total. The van der Waals surface area contributed by atoms with Gasteiger partial charge in [-0.3, -0.25) is 10.8 Å². The monoisotopic (exact) mass is 274 g/mol. The van der Waals surface area contributed by atoms with Gasteiger partial charge in [-0.1, -0.05) is 30.3 Å². The number of hydrogen-bond donors (Lipinski definition) is 2. The predicted octanol–water partition coefficient (Wildman–Crippen LogP) is 1.38. The summed E-state index contributed by atoms with van der Waals surface area (Å²) in [5.41, 5.74) is 4.33. The number of ether oxygens (including phenoxy) is 2. The van der Waals surface area contributed by atoms with Gasteiger partial charge < -0.3 is 9.47 Å². The quantitative estimate of drug-likeness (QED) is 0.611. The third-order valence-corrected chi connectivity index (χ3v) is 3.04. The fourth-order valence-electron chi connectivity index (χ4n) is 2.12. The van der Waals surface area contributed by atoms with Crippen molar-refractivity contribution in [1.29, 1.82) is 0 Å². The average molecular weight is 274 g/mol. The third-order valence-electron chi connectivity index (χ3n) is 3.04. The summed E-state index contributed by atoms with van der Waals surface area (Å²) in [6.45, 7) is 0. The van der Waals surface area contributed by atoms with E-state index < -0.39 is 0 Å². The summed E-state index contributed by atoms with van der Waals surface area (Å²) in [5, 5.41) is 0. The molecule has 106 valence electrons. The second kappa shape index (κ2) is 6.95. The SMILES string of the molecule is COc1nccnc1C(NN)C(OC)c1ccccc1. The molecule has 0 aliphatic heterocycles. The van der Waals surface area contributed by atoms with Crippen molar-refractivity contribution in [3.05, 3.63) is 54.0 Å². The molecule has 0 fully saturated rings. The van der Waals surface area contributed by atoms with Crippen molar-refractivity contribution < 1.29 is 9.47 Å². The normalized spacial score (nSPS) is 13.8. The Balaban J connectivity index is 2.39. The van der Waals surface area contributed by atoms with Crippen molar-refractivity contribution in [2.45, 2.75) is 12.1 Å². The molecule has 0 aliphatic rings. The molecule has 1 aromatic carbocycles. The topological polar surface area (TPSA) is 82.3 Å². The molecule has 0 radical (unpaired) electrons. The van der Waals surface area contributed by atoms with E-state index >= 15 is 0 Å². The fraction of sp³-hybridized carbons (Fsp3) is 0.286. The van der Waals surface area contributed by atoms with Crippen molar-refractivity contribution in [3.8, 4) is 5.88 Å². The van der Waals surface area contributed by atoms with Gasteiger partial charge in [-0.15, -0.1) is 0 Å². The predicted molar refractivity (Wildman–Crippen MR) is 74.8 cm³/mol. The molecular formula is C14H18N4O2. The minimum absolute atomic E-state index is 0.299. The number of aromatic nitrogens is 2. The van der Waals surface area contributed by atoms with E-state index in [1.54, 1.807) is 26.6 Å². The van der Waals surface area contributed by atoms with Crippen LogP contribution in [0.4, 0.5) is 0 Å². The molecule has 6 heteroatoms. The van der Waals surface area contributed by atoms with Crippen LogP contribution in [-0.2, 0) is 4.74 Å². The molecule has 2 atom stereocenters. The summed E-state index contributed by atoms with van der Waals surface area (Å²) in [7, 11) is 3.18. The Bertz CT molecular complexity index is 536. The maximum atomic E-state index is 5.69. The van der Waals surface area contributed by atoms with Crippen molar-refractivity contribution in [2.75, 3.05) is 14.2 Å². The van der Waals surface area contributed by atoms with E-state index in [4.69, 9.17) is 15.3 Å². The first kappa shape index (κ1) is 14.4. The molecule has 2 unspecified atom stereocenters. The maximum Gasteiger partial charge on any atom is 0.237 e. The van der Waals surface area contributed by atoms with Gasteiger partial charge in [0, 0.05) is 19.5 Å². The van der Waals surface area contributed by atoms with Gasteiger partial charge in [0.1, 0.15) is 11.8 Å². The maximum absolute atomic E-state index is 5.69. The van der Waals surface area contributed by atoms with Crippen molar-refractivity contribution in [3.63, 3.8) is 0 Å². The highest BCUT2D eigenvalue weighted by Gasteiger charge is 2.28. The molecular weight excluding hydrogens is 256 g/mol. The number of nitrogens with two attached hydrogens (primary N) is 1. The van der Waals surface area contributed by atoms with E-state index in [-0.39, 0.29) is 12.1 Å². The molecule has 20 heavy (non-hydrogen) atoms. The first-order chi connectivity index (χ1) is 9.81. The number of nitrogens with one attached hydrogen (secondary N) is 1. The van der Waals surface area contributed by atoms with Gasteiger partial charge in [0.2, 0.25) is 5.88 Å². The summed E-state index contributed by atoms with van der Waals surface area (Å²) in [5.74, 6) is 6.11. The molecule has 0 saturated heterocycles. The van der Waals surface area contributed by atoms with Gasteiger partial charge in [0.25, 0.3) is 0 Å². The molecule has 0 saturated carbocycles. The second-order valence-corrected chi connectivity index (χ2v) is 4.16. The molecule has 1 heterocycles. The largest absolute Gasteiger partial charge is 0.480 e. The van der Waals surface area contributed by atoms with Crippen LogP contribution in [-0.4, -0.2) is 24.2 Å². The number of hydrazine groups is 1. The first-order valence-corrected chi connectivity index (χ1v) is 6.20. The second-order valence-electron chi connectivity index (χ2n) is 4.16. The summed E-state index contributed by atoms with van der Waals surface area (Å²) in [4.78, 5) is 8.45. The highest BCUT2D eigenvalue weighted by molar-refractivity contribution is 5.27. The van der Waals surface area contributed by atoms with Gasteiger partial charge in [-0.2, -0.15) is 0 Å². The van der Waals surface area contributed by atoms with Crippen LogP contribution in [0.3, 0.4) is 0 Å². The summed E-state index contributed by atoms with van der Waals surface area (Å²) >= 11 is 0. The summed E-state index contributed by atoms with van der Waals surface area (Å²) < 4.78 is 10.8. The number of hydrogen-bond acceptors (Lipinski definition) is 6. The Hall–Kier alpha value is -2.02. The van der Waals surface area contributed by atoms with E-state index in [1.165, 1.54) is 0 Å². The van der Waals surface area contributed by atoms with Crippen LogP contribution in [0.25, 0.3) is 0 Å². The number of methoxy groups -OCH3 is 2. The molecule has 1 aromatic heterocycles. The zero-order valence-electron chi connectivity index (χ0n) is 11.5. The highest BCUT2D eigenvalue weighted by atomic mass is 16.5. The van der Waals surface area contributed by atoms with Crippen molar-refractivity contribution >= 4 is 0 Å². The Kier molecular flexibility index (Phi) is 5.00. The lowest BCUT2D eigenvalue weighted by Crippen LogP contribution is -2.34. The zero-order valence-corrected chi connectivity index (χ0v) is 11.5. The van der Waals surface area contributed by atoms with Crippen LogP contribution in [0, 0.1) is 0 Å².